The molecule has 0 aliphatic heterocycles. The minimum Gasteiger partial charge on any atom is -0.494 e. The average molecular weight is 368 g/mol. The Kier molecular flexibility index (Phi) is 5.80. The lowest BCUT2D eigenvalue weighted by atomic mass is 10.1. The molecule has 0 aliphatic carbocycles. The number of ether oxygens (including phenoxy) is 1. The SMILES string of the molecule is CCOc1cccc(NC(=S)NCc2nc(-c3ccc(C)cc3)no2)c1. The Labute approximate surface area is 157 Å². The second kappa shape index (κ2) is 8.44. The molecule has 26 heavy (non-hydrogen) atoms. The van der Waals surface area contributed by atoms with Gasteiger partial charge in [-0.1, -0.05) is 41.1 Å². The summed E-state index contributed by atoms with van der Waals surface area (Å²) in [5.41, 5.74) is 2.95. The molecule has 2 N–H and O–H groups in total. The summed E-state index contributed by atoms with van der Waals surface area (Å²) < 4.78 is 10.7. The average Bonchev–Trinajstić information content (AvgIpc) is 3.10. The van der Waals surface area contributed by atoms with Crippen molar-refractivity contribution >= 4 is 23.0 Å². The summed E-state index contributed by atoms with van der Waals surface area (Å²) in [6.07, 6.45) is 0. The third-order valence-corrected chi connectivity index (χ3v) is 3.83. The lowest BCUT2D eigenvalue weighted by Crippen LogP contribution is -2.28. The number of nitrogens with zero attached hydrogens (tertiary/aromatic N) is 2. The number of hydrogen-bond acceptors (Lipinski definition) is 5. The van der Waals surface area contributed by atoms with Gasteiger partial charge in [-0.2, -0.15) is 4.98 Å². The van der Waals surface area contributed by atoms with Crippen LogP contribution >= 0.6 is 12.2 Å². The molecule has 2 aromatic carbocycles. The molecule has 3 aromatic rings. The van der Waals surface area contributed by atoms with Crippen LogP contribution in [-0.2, 0) is 6.54 Å². The first-order chi connectivity index (χ1) is 12.6. The van der Waals surface area contributed by atoms with Crippen LogP contribution in [0.1, 0.15) is 18.4 Å². The zero-order chi connectivity index (χ0) is 18.4. The van der Waals surface area contributed by atoms with E-state index in [0.717, 1.165) is 17.0 Å². The van der Waals surface area contributed by atoms with Gasteiger partial charge in [-0.25, -0.2) is 0 Å². The summed E-state index contributed by atoms with van der Waals surface area (Å²) >= 11 is 5.30. The molecule has 0 bridgehead atoms. The normalized spacial score (nSPS) is 10.4. The highest BCUT2D eigenvalue weighted by Gasteiger charge is 2.09. The van der Waals surface area contributed by atoms with Gasteiger partial charge in [0.1, 0.15) is 5.75 Å². The van der Waals surface area contributed by atoms with E-state index < -0.39 is 0 Å². The Morgan fingerprint density at radius 2 is 2.00 bits per heavy atom. The zero-order valence-corrected chi connectivity index (χ0v) is 15.5. The fourth-order valence-electron chi connectivity index (χ4n) is 2.31. The molecule has 0 spiro atoms. The molecule has 7 heteroatoms. The van der Waals surface area contributed by atoms with Crippen molar-refractivity contribution in [2.75, 3.05) is 11.9 Å². The first-order valence-electron chi connectivity index (χ1n) is 8.31. The van der Waals surface area contributed by atoms with E-state index in [0.29, 0.717) is 30.0 Å². The van der Waals surface area contributed by atoms with Gasteiger partial charge in [0.05, 0.1) is 13.2 Å². The van der Waals surface area contributed by atoms with Crippen molar-refractivity contribution in [1.29, 1.82) is 0 Å². The van der Waals surface area contributed by atoms with E-state index in [1.807, 2.05) is 62.4 Å². The Bertz CT molecular complexity index is 877. The number of anilines is 1. The molecule has 3 rings (SSSR count). The van der Waals surface area contributed by atoms with Crippen LogP contribution in [0.3, 0.4) is 0 Å². The van der Waals surface area contributed by atoms with E-state index in [1.54, 1.807) is 0 Å². The highest BCUT2D eigenvalue weighted by Crippen LogP contribution is 2.18. The molecular formula is C19H20N4O2S. The van der Waals surface area contributed by atoms with Crippen LogP contribution in [-0.4, -0.2) is 21.9 Å². The minimum atomic E-state index is 0.343. The van der Waals surface area contributed by atoms with E-state index >= 15 is 0 Å². The molecule has 0 radical (unpaired) electrons. The molecule has 0 saturated heterocycles. The predicted molar refractivity (Wildman–Crippen MR) is 105 cm³/mol. The minimum absolute atomic E-state index is 0.343. The summed E-state index contributed by atoms with van der Waals surface area (Å²) in [6, 6.07) is 15.6. The number of rotatable bonds is 6. The lowest BCUT2D eigenvalue weighted by molar-refractivity contribution is 0.340. The molecule has 134 valence electrons. The van der Waals surface area contributed by atoms with Crippen LogP contribution in [0.5, 0.6) is 5.75 Å². The Morgan fingerprint density at radius 3 is 2.77 bits per heavy atom. The van der Waals surface area contributed by atoms with Crippen molar-refractivity contribution in [3.05, 3.63) is 60.0 Å². The largest absolute Gasteiger partial charge is 0.494 e. The molecule has 1 aromatic heterocycles. The van der Waals surface area contributed by atoms with Crippen LogP contribution in [0.4, 0.5) is 5.69 Å². The highest BCUT2D eigenvalue weighted by atomic mass is 32.1. The first kappa shape index (κ1) is 17.9. The Hall–Kier alpha value is -2.93. The first-order valence-corrected chi connectivity index (χ1v) is 8.72. The molecule has 0 atom stereocenters. The molecule has 0 saturated carbocycles. The number of aromatic nitrogens is 2. The van der Waals surface area contributed by atoms with Crippen molar-refractivity contribution in [2.45, 2.75) is 20.4 Å². The number of hydrogen-bond donors (Lipinski definition) is 2. The van der Waals surface area contributed by atoms with E-state index in [1.165, 1.54) is 5.56 Å². The van der Waals surface area contributed by atoms with Gasteiger partial charge in [0.15, 0.2) is 5.11 Å². The number of thiocarbonyl (C=S) groups is 1. The van der Waals surface area contributed by atoms with Gasteiger partial charge in [-0.05, 0) is 38.2 Å². The fourth-order valence-corrected chi connectivity index (χ4v) is 2.50. The molecule has 0 unspecified atom stereocenters. The third kappa shape index (κ3) is 4.80. The topological polar surface area (TPSA) is 72.2 Å². The fraction of sp³-hybridized carbons (Fsp3) is 0.211. The summed E-state index contributed by atoms with van der Waals surface area (Å²) in [7, 11) is 0. The Morgan fingerprint density at radius 1 is 1.19 bits per heavy atom. The molecule has 0 aliphatic rings. The Balaban J connectivity index is 1.55. The molecule has 0 fully saturated rings. The maximum atomic E-state index is 5.47. The lowest BCUT2D eigenvalue weighted by Gasteiger charge is -2.10. The van der Waals surface area contributed by atoms with Crippen molar-refractivity contribution < 1.29 is 9.26 Å². The van der Waals surface area contributed by atoms with Crippen molar-refractivity contribution in [1.82, 2.24) is 15.5 Å². The van der Waals surface area contributed by atoms with E-state index in [-0.39, 0.29) is 0 Å². The summed E-state index contributed by atoms with van der Waals surface area (Å²) in [4.78, 5) is 4.38. The smallest absolute Gasteiger partial charge is 0.246 e. The maximum absolute atomic E-state index is 5.47. The van der Waals surface area contributed by atoms with Crippen molar-refractivity contribution in [2.24, 2.45) is 0 Å². The number of benzene rings is 2. The molecule has 6 nitrogen and oxygen atoms in total. The molecular weight excluding hydrogens is 348 g/mol. The van der Waals surface area contributed by atoms with Crippen LogP contribution in [0.15, 0.2) is 53.1 Å². The van der Waals surface area contributed by atoms with Crippen LogP contribution in [0, 0.1) is 6.92 Å². The molecule has 0 amide bonds. The van der Waals surface area contributed by atoms with Crippen LogP contribution in [0.2, 0.25) is 0 Å². The van der Waals surface area contributed by atoms with Gasteiger partial charge in [-0.3, -0.25) is 0 Å². The van der Waals surface area contributed by atoms with Gasteiger partial charge in [0.2, 0.25) is 11.7 Å². The summed E-state index contributed by atoms with van der Waals surface area (Å²) in [5.74, 6) is 1.82. The highest BCUT2D eigenvalue weighted by molar-refractivity contribution is 7.80. The monoisotopic (exact) mass is 368 g/mol. The van der Waals surface area contributed by atoms with E-state index in [4.69, 9.17) is 21.5 Å². The predicted octanol–water partition coefficient (Wildman–Crippen LogP) is 3.93. The van der Waals surface area contributed by atoms with Crippen LogP contribution < -0.4 is 15.4 Å². The van der Waals surface area contributed by atoms with Gasteiger partial charge >= 0.3 is 0 Å². The number of aryl methyl sites for hydroxylation is 1. The second-order valence-electron chi connectivity index (χ2n) is 5.65. The standard InChI is InChI=1S/C19H20N4O2S/c1-3-24-16-6-4-5-15(11-16)21-19(26)20-12-17-22-18(23-25-17)14-9-7-13(2)8-10-14/h4-11H,3,12H2,1-2H3,(H2,20,21,26). The van der Waals surface area contributed by atoms with Gasteiger partial charge < -0.3 is 19.9 Å². The number of nitrogens with one attached hydrogen (secondary N) is 2. The second-order valence-corrected chi connectivity index (χ2v) is 6.05. The van der Waals surface area contributed by atoms with E-state index in [2.05, 4.69) is 20.8 Å². The third-order valence-electron chi connectivity index (χ3n) is 3.58. The molecule has 1 heterocycles. The quantitative estimate of drug-likeness (QED) is 0.639. The van der Waals surface area contributed by atoms with Crippen molar-refractivity contribution in [3.63, 3.8) is 0 Å². The van der Waals surface area contributed by atoms with E-state index in [9.17, 15) is 0 Å². The van der Waals surface area contributed by atoms with Crippen molar-refractivity contribution in [3.8, 4) is 17.1 Å². The van der Waals surface area contributed by atoms with Crippen LogP contribution in [0.25, 0.3) is 11.4 Å². The summed E-state index contributed by atoms with van der Waals surface area (Å²) in [6.45, 7) is 4.94. The van der Waals surface area contributed by atoms with Gasteiger partial charge in [0.25, 0.3) is 0 Å². The maximum Gasteiger partial charge on any atom is 0.246 e. The zero-order valence-electron chi connectivity index (χ0n) is 14.7. The van der Waals surface area contributed by atoms with Gasteiger partial charge in [-0.15, -0.1) is 0 Å². The summed E-state index contributed by atoms with van der Waals surface area (Å²) in [5, 5.41) is 10.6. The van der Waals surface area contributed by atoms with Gasteiger partial charge in [0, 0.05) is 17.3 Å².